The van der Waals surface area contributed by atoms with Crippen LogP contribution < -0.4 is 26.8 Å². The molecular weight excluding hydrogens is 612 g/mol. The molecule has 0 amide bonds. The molecule has 12 nitrogen and oxygen atoms in total. The minimum Gasteiger partial charge on any atom is -0.496 e. The second-order valence-electron chi connectivity index (χ2n) is 8.84. The molecule has 15 heteroatoms. The summed E-state index contributed by atoms with van der Waals surface area (Å²) in [4.78, 5) is 0. The highest BCUT2D eigenvalue weighted by Crippen LogP contribution is 2.51. The van der Waals surface area contributed by atoms with Gasteiger partial charge in [-0.1, -0.05) is 24.1 Å². The Morgan fingerprint density at radius 2 is 1.24 bits per heavy atom. The lowest BCUT2D eigenvalue weighted by Gasteiger charge is -2.21. The van der Waals surface area contributed by atoms with Crippen LogP contribution in [0.2, 0.25) is 0 Å². The highest BCUT2D eigenvalue weighted by molar-refractivity contribution is 7.86. The van der Waals surface area contributed by atoms with E-state index in [1.807, 2.05) is 0 Å². The molecule has 0 aromatic heterocycles. The Morgan fingerprint density at radius 1 is 0.667 bits per heavy atom. The number of hydrogen-bond donors (Lipinski definition) is 0. The third-order valence-corrected chi connectivity index (χ3v) is 6.73. The van der Waals surface area contributed by atoms with Crippen molar-refractivity contribution in [3.8, 4) is 69.1 Å². The number of methoxy groups -OCH3 is 2. The van der Waals surface area contributed by atoms with Crippen molar-refractivity contribution in [1.29, 1.82) is 0 Å². The minimum absolute atomic E-state index is 0.0131. The second kappa shape index (κ2) is 12.4. The Kier molecular flexibility index (Phi) is 9.56. The normalized spacial score (nSPS) is 12.5. The Labute approximate surface area is 245 Å². The first-order valence-electron chi connectivity index (χ1n) is 11.8. The van der Waals surface area contributed by atoms with Crippen molar-refractivity contribution in [2.24, 2.45) is 0 Å². The van der Waals surface area contributed by atoms with Gasteiger partial charge in [0.05, 0.1) is 38.6 Å². The Hall–Kier alpha value is -4.13. The molecule has 0 radical (unpaired) electrons. The van der Waals surface area contributed by atoms with E-state index in [4.69, 9.17) is 33.2 Å². The van der Waals surface area contributed by atoms with E-state index in [1.54, 1.807) is 6.92 Å². The molecule has 0 saturated heterocycles. The highest BCUT2D eigenvalue weighted by atomic mass is 32.2. The van der Waals surface area contributed by atoms with Gasteiger partial charge in [-0.25, -0.2) is 0 Å². The Morgan fingerprint density at radius 3 is 1.74 bits per heavy atom. The van der Waals surface area contributed by atoms with Crippen molar-refractivity contribution >= 4 is 30.4 Å². The fourth-order valence-corrected chi connectivity index (χ4v) is 5.16. The molecule has 42 heavy (non-hydrogen) atoms. The predicted molar refractivity (Wildman–Crippen MR) is 156 cm³/mol. The van der Waals surface area contributed by atoms with E-state index in [0.717, 1.165) is 18.8 Å². The van der Waals surface area contributed by atoms with Crippen LogP contribution in [0.5, 0.6) is 34.5 Å². The molecule has 0 aliphatic carbocycles. The van der Waals surface area contributed by atoms with E-state index in [0.29, 0.717) is 11.1 Å². The molecule has 226 valence electrons. The summed E-state index contributed by atoms with van der Waals surface area (Å²) in [6.07, 6.45) is 7.25. The molecule has 0 bridgehead atoms. The maximum Gasteiger partial charge on any atom is 0.306 e. The van der Waals surface area contributed by atoms with Gasteiger partial charge < -0.3 is 26.8 Å². The molecule has 0 saturated carbocycles. The van der Waals surface area contributed by atoms with Gasteiger partial charge in [0, 0.05) is 5.56 Å². The summed E-state index contributed by atoms with van der Waals surface area (Å²) in [5, 5.41) is 0. The molecule has 1 atom stereocenters. The fourth-order valence-electron chi connectivity index (χ4n) is 3.78. The SMILES string of the molecule is C#CC(C)Oc1ccc(-c2c(OC)cc(-c3ccc(OS(C)(=O)=O)cc3)c(OC)c2OS(C)(=O)=O)cc1OS(C)(=O)=O. The summed E-state index contributed by atoms with van der Waals surface area (Å²) >= 11 is 0. The Bertz CT molecular complexity index is 1840. The number of rotatable bonds is 12. The van der Waals surface area contributed by atoms with Crippen molar-refractivity contribution in [2.75, 3.05) is 33.0 Å². The van der Waals surface area contributed by atoms with Crippen LogP contribution in [-0.4, -0.2) is 64.3 Å². The van der Waals surface area contributed by atoms with Crippen LogP contribution in [0.15, 0.2) is 48.5 Å². The monoisotopic (exact) mass is 640 g/mol. The maximum atomic E-state index is 12.4. The van der Waals surface area contributed by atoms with Crippen LogP contribution >= 0.6 is 0 Å². The molecule has 0 aliphatic rings. The zero-order valence-corrected chi connectivity index (χ0v) is 25.8. The number of ether oxygens (including phenoxy) is 3. The second-order valence-corrected chi connectivity index (χ2v) is 13.6. The van der Waals surface area contributed by atoms with E-state index in [9.17, 15) is 25.3 Å². The third-order valence-electron chi connectivity index (χ3n) is 5.28. The van der Waals surface area contributed by atoms with Gasteiger partial charge in [0.25, 0.3) is 0 Å². The molecule has 3 aromatic carbocycles. The molecular formula is C27H28O12S3. The smallest absolute Gasteiger partial charge is 0.306 e. The van der Waals surface area contributed by atoms with E-state index in [-0.39, 0.29) is 45.6 Å². The van der Waals surface area contributed by atoms with Gasteiger partial charge in [-0.05, 0) is 48.4 Å². The van der Waals surface area contributed by atoms with Crippen molar-refractivity contribution < 1.29 is 52.0 Å². The van der Waals surface area contributed by atoms with Gasteiger partial charge in [-0.2, -0.15) is 25.3 Å². The third kappa shape index (κ3) is 8.44. The van der Waals surface area contributed by atoms with E-state index in [2.05, 4.69) is 5.92 Å². The average molecular weight is 641 g/mol. The van der Waals surface area contributed by atoms with Crippen molar-refractivity contribution in [3.05, 3.63) is 48.5 Å². The molecule has 3 rings (SSSR count). The predicted octanol–water partition coefficient (Wildman–Crippen LogP) is 3.45. The van der Waals surface area contributed by atoms with Crippen LogP contribution in [-0.2, 0) is 30.4 Å². The summed E-state index contributed by atoms with van der Waals surface area (Å²) in [6.45, 7) is 1.57. The van der Waals surface area contributed by atoms with Crippen LogP contribution in [0, 0.1) is 12.3 Å². The molecule has 1 unspecified atom stereocenters. The first-order chi connectivity index (χ1) is 19.4. The van der Waals surface area contributed by atoms with E-state index >= 15 is 0 Å². The number of hydrogen-bond acceptors (Lipinski definition) is 12. The lowest BCUT2D eigenvalue weighted by atomic mass is 9.96. The molecule has 0 N–H and O–H groups in total. The fraction of sp³-hybridized carbons (Fsp3) is 0.259. The standard InChI is InChI=1S/C27H28O12S3/c1-8-17(2)36-22-14-11-19(15-23(22)38-41(6,30)31)25-24(34-3)16-21(26(35-4)27(25)39-42(7,32)33)18-9-12-20(13-10-18)37-40(5,28)29/h1,9-17H,2-7H3. The summed E-state index contributed by atoms with van der Waals surface area (Å²) in [5.41, 5.74) is 1.07. The zero-order chi connectivity index (χ0) is 31.5. The lowest BCUT2D eigenvalue weighted by molar-refractivity contribution is 0.271. The van der Waals surface area contributed by atoms with Gasteiger partial charge >= 0.3 is 30.4 Å². The van der Waals surface area contributed by atoms with Crippen molar-refractivity contribution in [2.45, 2.75) is 13.0 Å². The highest BCUT2D eigenvalue weighted by Gasteiger charge is 2.27. The first kappa shape index (κ1) is 32.4. The Balaban J connectivity index is 2.34. The quantitative estimate of drug-likeness (QED) is 0.210. The number of terminal acetylenes is 1. The first-order valence-corrected chi connectivity index (χ1v) is 17.2. The van der Waals surface area contributed by atoms with Gasteiger partial charge in [0.2, 0.25) is 0 Å². The van der Waals surface area contributed by atoms with Crippen molar-refractivity contribution in [1.82, 2.24) is 0 Å². The summed E-state index contributed by atoms with van der Waals surface area (Å²) in [7, 11) is -9.32. The van der Waals surface area contributed by atoms with E-state index in [1.165, 1.54) is 62.8 Å². The van der Waals surface area contributed by atoms with Crippen LogP contribution in [0.25, 0.3) is 22.3 Å². The lowest BCUT2D eigenvalue weighted by Crippen LogP contribution is -2.12. The zero-order valence-electron chi connectivity index (χ0n) is 23.4. The largest absolute Gasteiger partial charge is 0.496 e. The average Bonchev–Trinajstić information content (AvgIpc) is 2.86. The van der Waals surface area contributed by atoms with Gasteiger partial charge in [-0.15, -0.1) is 6.42 Å². The maximum absolute atomic E-state index is 12.4. The van der Waals surface area contributed by atoms with Crippen molar-refractivity contribution in [3.63, 3.8) is 0 Å². The summed E-state index contributed by atoms with van der Waals surface area (Å²) < 4.78 is 104. The minimum atomic E-state index is -4.15. The topological polar surface area (TPSA) is 158 Å². The summed E-state index contributed by atoms with van der Waals surface area (Å²) in [5.74, 6) is 2.01. The number of benzene rings is 3. The molecule has 0 heterocycles. The molecule has 3 aromatic rings. The van der Waals surface area contributed by atoms with Gasteiger partial charge in [0.1, 0.15) is 11.5 Å². The van der Waals surface area contributed by atoms with Crippen LogP contribution in [0.1, 0.15) is 6.92 Å². The van der Waals surface area contributed by atoms with Gasteiger partial charge in [-0.3, -0.25) is 0 Å². The van der Waals surface area contributed by atoms with Crippen LogP contribution in [0.4, 0.5) is 0 Å². The molecule has 0 aliphatic heterocycles. The van der Waals surface area contributed by atoms with Gasteiger partial charge in [0.15, 0.2) is 29.1 Å². The van der Waals surface area contributed by atoms with E-state index < -0.39 is 36.5 Å². The molecule has 0 fully saturated rings. The summed E-state index contributed by atoms with van der Waals surface area (Å²) in [6, 6.07) is 11.6. The molecule has 0 spiro atoms. The van der Waals surface area contributed by atoms with Crippen LogP contribution in [0.3, 0.4) is 0 Å².